The predicted octanol–water partition coefficient (Wildman–Crippen LogP) is 4.62. The third kappa shape index (κ3) is 5.04. The lowest BCUT2D eigenvalue weighted by molar-refractivity contribution is -0.197. The van der Waals surface area contributed by atoms with Gasteiger partial charge in [0.25, 0.3) is 0 Å². The summed E-state index contributed by atoms with van der Waals surface area (Å²) in [6.45, 7) is 18.2. The van der Waals surface area contributed by atoms with Crippen molar-refractivity contribution >= 4 is 0 Å². The second-order valence-corrected chi connectivity index (χ2v) is 8.77. The van der Waals surface area contributed by atoms with Crippen molar-refractivity contribution in [3.05, 3.63) is 12.7 Å². The van der Waals surface area contributed by atoms with Crippen LogP contribution in [0.3, 0.4) is 0 Å². The molecule has 3 nitrogen and oxygen atoms in total. The lowest BCUT2D eigenvalue weighted by atomic mass is 9.71. The van der Waals surface area contributed by atoms with Crippen molar-refractivity contribution in [2.45, 2.75) is 84.7 Å². The second kappa shape index (κ2) is 7.67. The van der Waals surface area contributed by atoms with E-state index in [1.54, 1.807) is 0 Å². The van der Waals surface area contributed by atoms with Crippen molar-refractivity contribution in [3.8, 4) is 0 Å². The first-order chi connectivity index (χ1) is 10.8. The summed E-state index contributed by atoms with van der Waals surface area (Å²) in [7, 11) is 0. The van der Waals surface area contributed by atoms with Gasteiger partial charge in [-0.15, -0.1) is 6.58 Å². The largest absolute Gasteiger partial charge is 0.347 e. The first kappa shape index (κ1) is 19.0. The average Bonchev–Trinajstić information content (AvgIpc) is 2.85. The van der Waals surface area contributed by atoms with E-state index in [-0.39, 0.29) is 11.9 Å². The molecular weight excluding hydrogens is 286 g/mol. The molecule has 1 saturated carbocycles. The third-order valence-corrected chi connectivity index (χ3v) is 5.72. The minimum atomic E-state index is -0.270. The van der Waals surface area contributed by atoms with E-state index in [1.807, 2.05) is 6.08 Å². The highest BCUT2D eigenvalue weighted by Crippen LogP contribution is 2.45. The fraction of sp³-hybridized carbons (Fsp3) is 0.900. The van der Waals surface area contributed by atoms with Gasteiger partial charge < -0.3 is 9.47 Å². The van der Waals surface area contributed by atoms with Crippen LogP contribution in [0.25, 0.3) is 0 Å². The zero-order chi connectivity index (χ0) is 17.1. The molecule has 0 N–H and O–H groups in total. The van der Waals surface area contributed by atoms with Gasteiger partial charge >= 0.3 is 0 Å². The molecule has 0 aromatic carbocycles. The van der Waals surface area contributed by atoms with E-state index in [0.717, 1.165) is 44.9 Å². The first-order valence-electron chi connectivity index (χ1n) is 9.42. The molecule has 0 aromatic rings. The molecule has 134 valence electrons. The molecule has 0 radical (unpaired) electrons. The Labute approximate surface area is 143 Å². The Hall–Kier alpha value is -0.380. The molecule has 1 aliphatic carbocycles. The SMILES string of the molecule is C=CCN(CCC1COC2(CCC(C(C)(C)C)CC2)O1)C(C)C. The van der Waals surface area contributed by atoms with Crippen molar-refractivity contribution in [2.24, 2.45) is 11.3 Å². The minimum Gasteiger partial charge on any atom is -0.347 e. The van der Waals surface area contributed by atoms with Crippen LogP contribution in [-0.4, -0.2) is 42.5 Å². The van der Waals surface area contributed by atoms with Gasteiger partial charge in [0.2, 0.25) is 0 Å². The Morgan fingerprint density at radius 2 is 1.91 bits per heavy atom. The maximum atomic E-state index is 6.38. The van der Waals surface area contributed by atoms with E-state index < -0.39 is 0 Å². The van der Waals surface area contributed by atoms with Gasteiger partial charge in [-0.05, 0) is 44.4 Å². The lowest BCUT2D eigenvalue weighted by Crippen LogP contribution is -2.39. The summed E-state index contributed by atoms with van der Waals surface area (Å²) in [5, 5.41) is 0. The summed E-state index contributed by atoms with van der Waals surface area (Å²) >= 11 is 0. The fourth-order valence-electron chi connectivity index (χ4n) is 3.98. The lowest BCUT2D eigenvalue weighted by Gasteiger charge is -2.41. The van der Waals surface area contributed by atoms with Crippen molar-refractivity contribution < 1.29 is 9.47 Å². The zero-order valence-electron chi connectivity index (χ0n) is 15.9. The Morgan fingerprint density at radius 3 is 2.43 bits per heavy atom. The number of rotatable bonds is 6. The predicted molar refractivity (Wildman–Crippen MR) is 96.5 cm³/mol. The molecule has 1 aliphatic heterocycles. The van der Waals surface area contributed by atoms with Gasteiger partial charge in [0.05, 0.1) is 12.7 Å². The van der Waals surface area contributed by atoms with Crippen molar-refractivity contribution in [1.29, 1.82) is 0 Å². The van der Waals surface area contributed by atoms with E-state index in [9.17, 15) is 0 Å². The molecule has 23 heavy (non-hydrogen) atoms. The van der Waals surface area contributed by atoms with Crippen LogP contribution in [0.5, 0.6) is 0 Å². The summed E-state index contributed by atoms with van der Waals surface area (Å²) in [6, 6.07) is 0.548. The third-order valence-electron chi connectivity index (χ3n) is 5.72. The minimum absolute atomic E-state index is 0.257. The smallest absolute Gasteiger partial charge is 0.168 e. The number of nitrogens with zero attached hydrogens (tertiary/aromatic N) is 1. The maximum absolute atomic E-state index is 6.38. The normalized spacial score (nSPS) is 32.1. The van der Waals surface area contributed by atoms with Gasteiger partial charge in [-0.3, -0.25) is 4.90 Å². The van der Waals surface area contributed by atoms with Crippen molar-refractivity contribution in [2.75, 3.05) is 19.7 Å². The Morgan fingerprint density at radius 1 is 1.26 bits per heavy atom. The summed E-state index contributed by atoms with van der Waals surface area (Å²) < 4.78 is 12.5. The van der Waals surface area contributed by atoms with E-state index in [4.69, 9.17) is 9.47 Å². The van der Waals surface area contributed by atoms with Crippen molar-refractivity contribution in [1.82, 2.24) is 4.90 Å². The van der Waals surface area contributed by atoms with Gasteiger partial charge in [-0.25, -0.2) is 0 Å². The zero-order valence-corrected chi connectivity index (χ0v) is 15.9. The molecule has 2 fully saturated rings. The van der Waals surface area contributed by atoms with Crippen LogP contribution >= 0.6 is 0 Å². The Balaban J connectivity index is 1.79. The van der Waals surface area contributed by atoms with E-state index >= 15 is 0 Å². The van der Waals surface area contributed by atoms with E-state index in [0.29, 0.717) is 11.5 Å². The van der Waals surface area contributed by atoms with Crippen LogP contribution in [0.4, 0.5) is 0 Å². The van der Waals surface area contributed by atoms with Crippen molar-refractivity contribution in [3.63, 3.8) is 0 Å². The quantitative estimate of drug-likeness (QED) is 0.666. The average molecular weight is 324 g/mol. The molecule has 1 heterocycles. The second-order valence-electron chi connectivity index (χ2n) is 8.77. The topological polar surface area (TPSA) is 21.7 Å². The van der Waals surface area contributed by atoms with Gasteiger partial charge in [0, 0.05) is 32.0 Å². The van der Waals surface area contributed by atoms with Gasteiger partial charge in [0.1, 0.15) is 0 Å². The van der Waals surface area contributed by atoms with Crippen LogP contribution < -0.4 is 0 Å². The van der Waals surface area contributed by atoms with E-state index in [1.165, 1.54) is 12.8 Å². The first-order valence-corrected chi connectivity index (χ1v) is 9.42. The highest BCUT2D eigenvalue weighted by Gasteiger charge is 2.45. The molecule has 1 spiro atoms. The summed E-state index contributed by atoms with van der Waals surface area (Å²) in [4.78, 5) is 2.44. The molecule has 3 heteroatoms. The van der Waals surface area contributed by atoms with Gasteiger partial charge in [-0.2, -0.15) is 0 Å². The maximum Gasteiger partial charge on any atom is 0.168 e. The van der Waals surface area contributed by atoms with Gasteiger partial charge in [-0.1, -0.05) is 26.8 Å². The van der Waals surface area contributed by atoms with Gasteiger partial charge in [0.15, 0.2) is 5.79 Å². The molecule has 1 saturated heterocycles. The number of hydrogen-bond acceptors (Lipinski definition) is 3. The Bertz CT molecular complexity index is 378. The molecule has 2 aliphatic rings. The highest BCUT2D eigenvalue weighted by molar-refractivity contribution is 4.89. The molecule has 2 rings (SSSR count). The Kier molecular flexibility index (Phi) is 6.32. The van der Waals surface area contributed by atoms with Crippen LogP contribution in [0, 0.1) is 11.3 Å². The molecule has 0 amide bonds. The number of hydrogen-bond donors (Lipinski definition) is 0. The summed E-state index contributed by atoms with van der Waals surface area (Å²) in [6.07, 6.45) is 7.87. The highest BCUT2D eigenvalue weighted by atomic mass is 16.7. The molecule has 1 unspecified atom stereocenters. The number of ether oxygens (including phenoxy) is 2. The monoisotopic (exact) mass is 323 g/mol. The fourth-order valence-corrected chi connectivity index (χ4v) is 3.98. The summed E-state index contributed by atoms with van der Waals surface area (Å²) in [5.74, 6) is 0.524. The molecule has 0 aromatic heterocycles. The molecule has 0 bridgehead atoms. The summed E-state index contributed by atoms with van der Waals surface area (Å²) in [5.41, 5.74) is 0.405. The molecule has 1 atom stereocenters. The van der Waals surface area contributed by atoms with Crippen LogP contribution in [0.15, 0.2) is 12.7 Å². The van der Waals surface area contributed by atoms with E-state index in [2.05, 4.69) is 46.1 Å². The molecular formula is C20H37NO2. The van der Waals surface area contributed by atoms with Crippen LogP contribution in [0.2, 0.25) is 0 Å². The van der Waals surface area contributed by atoms with Crippen LogP contribution in [0.1, 0.15) is 66.7 Å². The van der Waals surface area contributed by atoms with Crippen LogP contribution in [-0.2, 0) is 9.47 Å². The standard InChI is InChI=1S/C20H37NO2/c1-7-13-21(16(2)3)14-10-18-15-22-20(23-18)11-8-17(9-12-20)19(4,5)6/h7,16-18H,1,8-15H2,2-6H3.